The highest BCUT2D eigenvalue weighted by Crippen LogP contribution is 2.12. The summed E-state index contributed by atoms with van der Waals surface area (Å²) < 4.78 is 0. The molecule has 1 amide bonds. The summed E-state index contributed by atoms with van der Waals surface area (Å²) in [6.07, 6.45) is -0.694. The van der Waals surface area contributed by atoms with Crippen LogP contribution in [0, 0.1) is 17.2 Å². The van der Waals surface area contributed by atoms with Crippen LogP contribution in [-0.2, 0) is 4.79 Å². The van der Waals surface area contributed by atoms with Gasteiger partial charge in [-0.25, -0.2) is 0 Å². The first-order valence-corrected chi connectivity index (χ1v) is 6.68. The number of benzene rings is 1. The molecule has 108 valence electrons. The maximum absolute atomic E-state index is 11.5. The van der Waals surface area contributed by atoms with Crippen molar-refractivity contribution in [2.24, 2.45) is 5.92 Å². The molecule has 5 heteroatoms. The van der Waals surface area contributed by atoms with E-state index in [0.29, 0.717) is 24.6 Å². The molecule has 1 aromatic carbocycles. The van der Waals surface area contributed by atoms with Gasteiger partial charge < -0.3 is 15.7 Å². The standard InChI is InChI=1S/C15H21N3O2/c1-11(2)8-18-15(20)10-17-9-14(19)13-5-3-12(7-16)4-6-13/h3-6,11,14,17,19H,8-10H2,1-2H3,(H,18,20). The zero-order valence-corrected chi connectivity index (χ0v) is 11.9. The first-order chi connectivity index (χ1) is 9.52. The third kappa shape index (κ3) is 5.83. The summed E-state index contributed by atoms with van der Waals surface area (Å²) in [5, 5.41) is 24.3. The van der Waals surface area contributed by atoms with Crippen LogP contribution in [0.5, 0.6) is 0 Å². The lowest BCUT2D eigenvalue weighted by Gasteiger charge is -2.13. The second-order valence-electron chi connectivity index (χ2n) is 5.08. The van der Waals surface area contributed by atoms with Gasteiger partial charge in [0.25, 0.3) is 0 Å². The molecule has 1 rings (SSSR count). The molecule has 1 aromatic rings. The Balaban J connectivity index is 2.30. The number of nitrogens with zero attached hydrogens (tertiary/aromatic N) is 1. The molecule has 0 aliphatic carbocycles. The SMILES string of the molecule is CC(C)CNC(=O)CNCC(O)c1ccc(C#N)cc1. The molecule has 1 unspecified atom stereocenters. The van der Waals surface area contributed by atoms with E-state index in [0.717, 1.165) is 5.56 Å². The monoisotopic (exact) mass is 275 g/mol. The number of rotatable bonds is 7. The average Bonchev–Trinajstić information content (AvgIpc) is 2.45. The van der Waals surface area contributed by atoms with Gasteiger partial charge in [-0.3, -0.25) is 4.79 Å². The maximum atomic E-state index is 11.5. The van der Waals surface area contributed by atoms with Crippen LogP contribution in [0.4, 0.5) is 0 Å². The van der Waals surface area contributed by atoms with Gasteiger partial charge in [-0.1, -0.05) is 26.0 Å². The van der Waals surface area contributed by atoms with Crippen molar-refractivity contribution in [1.29, 1.82) is 5.26 Å². The van der Waals surface area contributed by atoms with E-state index in [1.165, 1.54) is 0 Å². The minimum absolute atomic E-state index is 0.0780. The highest BCUT2D eigenvalue weighted by molar-refractivity contribution is 5.77. The highest BCUT2D eigenvalue weighted by atomic mass is 16.3. The zero-order valence-electron chi connectivity index (χ0n) is 11.9. The van der Waals surface area contributed by atoms with Gasteiger partial charge in [-0.05, 0) is 23.6 Å². The Morgan fingerprint density at radius 3 is 2.50 bits per heavy atom. The van der Waals surface area contributed by atoms with Gasteiger partial charge in [0, 0.05) is 13.1 Å². The van der Waals surface area contributed by atoms with E-state index in [-0.39, 0.29) is 12.5 Å². The predicted molar refractivity (Wildman–Crippen MR) is 76.8 cm³/mol. The fourth-order valence-corrected chi connectivity index (χ4v) is 1.60. The zero-order chi connectivity index (χ0) is 15.0. The van der Waals surface area contributed by atoms with E-state index in [9.17, 15) is 9.90 Å². The molecular weight excluding hydrogens is 254 g/mol. The Kier molecular flexibility index (Phi) is 6.71. The van der Waals surface area contributed by atoms with Crippen molar-refractivity contribution in [2.45, 2.75) is 20.0 Å². The first kappa shape index (κ1) is 16.2. The molecule has 20 heavy (non-hydrogen) atoms. The van der Waals surface area contributed by atoms with Crippen LogP contribution in [0.15, 0.2) is 24.3 Å². The number of nitriles is 1. The highest BCUT2D eigenvalue weighted by Gasteiger charge is 2.08. The fourth-order valence-electron chi connectivity index (χ4n) is 1.60. The number of amides is 1. The molecule has 0 bridgehead atoms. The van der Waals surface area contributed by atoms with Crippen LogP contribution in [0.25, 0.3) is 0 Å². The van der Waals surface area contributed by atoms with Gasteiger partial charge in [-0.2, -0.15) is 5.26 Å². The van der Waals surface area contributed by atoms with Gasteiger partial charge in [0.2, 0.25) is 5.91 Å². The first-order valence-electron chi connectivity index (χ1n) is 6.68. The number of carbonyl (C=O) groups is 1. The number of carbonyl (C=O) groups excluding carboxylic acids is 1. The summed E-state index contributed by atoms with van der Waals surface area (Å²) in [5.74, 6) is 0.342. The number of hydrogen-bond donors (Lipinski definition) is 3. The molecule has 0 fully saturated rings. The minimum Gasteiger partial charge on any atom is -0.387 e. The second-order valence-corrected chi connectivity index (χ2v) is 5.08. The quantitative estimate of drug-likeness (QED) is 0.691. The number of aliphatic hydroxyl groups is 1. The molecule has 5 nitrogen and oxygen atoms in total. The summed E-state index contributed by atoms with van der Waals surface area (Å²) >= 11 is 0. The smallest absolute Gasteiger partial charge is 0.233 e. The normalized spacial score (nSPS) is 11.9. The van der Waals surface area contributed by atoms with Crippen LogP contribution in [0.3, 0.4) is 0 Å². The fraction of sp³-hybridized carbons (Fsp3) is 0.467. The molecular formula is C15H21N3O2. The molecule has 0 aliphatic rings. The molecule has 0 aliphatic heterocycles. The second kappa shape index (κ2) is 8.31. The molecule has 3 N–H and O–H groups in total. The van der Waals surface area contributed by atoms with E-state index >= 15 is 0 Å². The van der Waals surface area contributed by atoms with Gasteiger partial charge in [0.1, 0.15) is 0 Å². The van der Waals surface area contributed by atoms with Crippen LogP contribution in [0.1, 0.15) is 31.1 Å². The van der Waals surface area contributed by atoms with E-state index in [4.69, 9.17) is 5.26 Å². The maximum Gasteiger partial charge on any atom is 0.233 e. The summed E-state index contributed by atoms with van der Waals surface area (Å²) in [4.78, 5) is 11.5. The molecule has 0 saturated heterocycles. The lowest BCUT2D eigenvalue weighted by atomic mass is 10.1. The Hall–Kier alpha value is -1.90. The largest absolute Gasteiger partial charge is 0.387 e. The van der Waals surface area contributed by atoms with Crippen molar-refractivity contribution >= 4 is 5.91 Å². The minimum atomic E-state index is -0.694. The van der Waals surface area contributed by atoms with Crippen molar-refractivity contribution in [3.63, 3.8) is 0 Å². The van der Waals surface area contributed by atoms with Crippen molar-refractivity contribution in [1.82, 2.24) is 10.6 Å². The summed E-state index contributed by atoms with van der Waals surface area (Å²) in [5.41, 5.74) is 1.28. The Bertz CT molecular complexity index is 463. The van der Waals surface area contributed by atoms with E-state index in [1.807, 2.05) is 19.9 Å². The summed E-state index contributed by atoms with van der Waals surface area (Å²) in [6, 6.07) is 8.77. The van der Waals surface area contributed by atoms with Crippen molar-refractivity contribution in [3.8, 4) is 6.07 Å². The van der Waals surface area contributed by atoms with Gasteiger partial charge in [-0.15, -0.1) is 0 Å². The number of hydrogen-bond acceptors (Lipinski definition) is 4. The Morgan fingerprint density at radius 2 is 1.95 bits per heavy atom. The third-order valence-corrected chi connectivity index (χ3v) is 2.76. The lowest BCUT2D eigenvalue weighted by Crippen LogP contribution is -2.37. The molecule has 1 atom stereocenters. The van der Waals surface area contributed by atoms with Gasteiger partial charge in [0.05, 0.1) is 24.3 Å². The summed E-state index contributed by atoms with van der Waals surface area (Å²) in [7, 11) is 0. The predicted octanol–water partition coefficient (Wildman–Crippen LogP) is 0.953. The topological polar surface area (TPSA) is 85.2 Å². The van der Waals surface area contributed by atoms with Crippen molar-refractivity contribution in [2.75, 3.05) is 19.6 Å². The number of aliphatic hydroxyl groups excluding tert-OH is 1. The Morgan fingerprint density at radius 1 is 1.30 bits per heavy atom. The lowest BCUT2D eigenvalue weighted by molar-refractivity contribution is -0.120. The van der Waals surface area contributed by atoms with Crippen LogP contribution >= 0.6 is 0 Å². The van der Waals surface area contributed by atoms with E-state index in [2.05, 4.69) is 10.6 Å². The van der Waals surface area contributed by atoms with Gasteiger partial charge in [0.15, 0.2) is 0 Å². The van der Waals surface area contributed by atoms with E-state index < -0.39 is 6.10 Å². The van der Waals surface area contributed by atoms with Crippen molar-refractivity contribution in [3.05, 3.63) is 35.4 Å². The van der Waals surface area contributed by atoms with Gasteiger partial charge >= 0.3 is 0 Å². The van der Waals surface area contributed by atoms with Crippen LogP contribution in [-0.4, -0.2) is 30.6 Å². The third-order valence-electron chi connectivity index (χ3n) is 2.76. The van der Waals surface area contributed by atoms with Crippen molar-refractivity contribution < 1.29 is 9.90 Å². The molecule has 0 aromatic heterocycles. The average molecular weight is 275 g/mol. The summed E-state index contributed by atoms with van der Waals surface area (Å²) in [6.45, 7) is 5.18. The van der Waals surface area contributed by atoms with Crippen LogP contribution in [0.2, 0.25) is 0 Å². The Labute approximate surface area is 119 Å². The molecule has 0 radical (unpaired) electrons. The van der Waals surface area contributed by atoms with Crippen LogP contribution < -0.4 is 10.6 Å². The number of nitrogens with one attached hydrogen (secondary N) is 2. The van der Waals surface area contributed by atoms with E-state index in [1.54, 1.807) is 24.3 Å². The molecule has 0 heterocycles. The molecule has 0 saturated carbocycles. The molecule has 0 spiro atoms.